The van der Waals surface area contributed by atoms with E-state index in [-0.39, 0.29) is 6.71 Å². The minimum atomic E-state index is -0.0964. The van der Waals surface area contributed by atoms with Crippen LogP contribution in [0.25, 0.3) is 83.0 Å². The van der Waals surface area contributed by atoms with Crippen LogP contribution in [-0.4, -0.2) is 17.3 Å². The third kappa shape index (κ3) is 3.85. The third-order valence-corrected chi connectivity index (χ3v) is 13.8. The predicted molar refractivity (Wildman–Crippen MR) is 235 cm³/mol. The third-order valence-electron chi connectivity index (χ3n) is 13.8. The smallest absolute Gasteiger partial charge is 0.297 e. The highest BCUT2D eigenvalue weighted by Crippen LogP contribution is 2.55. The molecule has 0 N–H and O–H groups in total. The van der Waals surface area contributed by atoms with E-state index in [1.807, 2.05) is 0 Å². The number of para-hydroxylation sites is 2. The van der Waals surface area contributed by atoms with Crippen molar-refractivity contribution in [2.75, 3.05) is 4.90 Å². The Hall–Kier alpha value is -6.72. The summed E-state index contributed by atoms with van der Waals surface area (Å²) in [6, 6.07) is 56.0. The van der Waals surface area contributed by atoms with E-state index in [2.05, 4.69) is 161 Å². The summed E-state index contributed by atoms with van der Waals surface area (Å²) in [5.41, 5.74) is 19.4. The molecule has 1 fully saturated rings. The zero-order valence-corrected chi connectivity index (χ0v) is 31.2. The Labute approximate surface area is 329 Å². The van der Waals surface area contributed by atoms with Gasteiger partial charge >= 0.3 is 0 Å². The molecule has 4 nitrogen and oxygen atoms in total. The molecule has 7 aromatic carbocycles. The normalized spacial score (nSPS) is 17.5. The van der Waals surface area contributed by atoms with Gasteiger partial charge in [0.2, 0.25) is 0 Å². The van der Waals surface area contributed by atoms with Crippen LogP contribution in [0.15, 0.2) is 160 Å². The fraction of sp³-hybridized carbons (Fsp3) is 0.115. The van der Waals surface area contributed by atoms with E-state index in [0.717, 1.165) is 50.3 Å². The summed E-state index contributed by atoms with van der Waals surface area (Å²) in [5.74, 6) is 1.39. The first-order valence-corrected chi connectivity index (χ1v) is 20.5. The Balaban J connectivity index is 1.16. The van der Waals surface area contributed by atoms with Crippen molar-refractivity contribution in [3.8, 4) is 39.3 Å². The van der Waals surface area contributed by atoms with Gasteiger partial charge in [0.1, 0.15) is 16.9 Å². The van der Waals surface area contributed by atoms with Crippen LogP contribution in [0.4, 0.5) is 11.4 Å². The van der Waals surface area contributed by atoms with Crippen LogP contribution in [-0.2, 0) is 0 Å². The van der Waals surface area contributed by atoms with Crippen LogP contribution in [0.1, 0.15) is 37.2 Å². The van der Waals surface area contributed by atoms with Gasteiger partial charge < -0.3 is 18.3 Å². The SMILES string of the molecule is c1ccc(-c2oc3c(c2-c2ccccc2)-n2c4ccccc4c4ccc5c(c42)B3c2cc(-c3cccc4oc6ccccc6c34)cc3c2N5C2CCCCC32)cc1. The van der Waals surface area contributed by atoms with Gasteiger partial charge in [-0.05, 0) is 76.4 Å². The highest BCUT2D eigenvalue weighted by Gasteiger charge is 2.52. The van der Waals surface area contributed by atoms with E-state index >= 15 is 0 Å². The monoisotopic (exact) mass is 730 g/mol. The van der Waals surface area contributed by atoms with Crippen molar-refractivity contribution in [2.45, 2.75) is 37.6 Å². The van der Waals surface area contributed by atoms with Crippen LogP contribution in [0, 0.1) is 0 Å². The molecular formula is C52H35BN2O2. The van der Waals surface area contributed by atoms with E-state index in [0.29, 0.717) is 12.0 Å². The van der Waals surface area contributed by atoms with Crippen LogP contribution >= 0.6 is 0 Å². The lowest BCUT2D eigenvalue weighted by Crippen LogP contribution is -2.60. The highest BCUT2D eigenvalue weighted by molar-refractivity contribution is 7.00. The lowest BCUT2D eigenvalue weighted by molar-refractivity contribution is 0.402. The maximum absolute atomic E-state index is 7.55. The van der Waals surface area contributed by atoms with Gasteiger partial charge in [0.25, 0.3) is 6.71 Å². The zero-order chi connectivity index (χ0) is 36.9. The van der Waals surface area contributed by atoms with Crippen LogP contribution in [0.3, 0.4) is 0 Å². The maximum atomic E-state index is 7.55. The standard InChI is InChI=1S/C52H35BN2O2/c1-3-14-30(15-4-1)45-50-52(57-51(45)31-16-5-2-6-17-31)53-39-29-32(33-21-13-25-44-46(33)37-20-9-12-24-43(37)56-44)28-38-35-19-8-10-22-40(35)54(48(38)39)42-27-26-36-34-18-7-11-23-41(34)55(50)49(36)47(42)53/h1-7,9,11-18,20-21,23-29,35,40H,8,10,19,22H2. The molecule has 10 aromatic rings. The molecule has 3 aromatic heterocycles. The second kappa shape index (κ2) is 11.0. The second-order valence-electron chi connectivity index (χ2n) is 16.5. The van der Waals surface area contributed by atoms with E-state index in [1.165, 1.54) is 91.9 Å². The molecule has 6 heterocycles. The molecule has 0 spiro atoms. The largest absolute Gasteiger partial charge is 0.467 e. The minimum Gasteiger partial charge on any atom is -0.467 e. The second-order valence-corrected chi connectivity index (χ2v) is 16.5. The Morgan fingerprint density at radius 2 is 1.33 bits per heavy atom. The number of rotatable bonds is 3. The van der Waals surface area contributed by atoms with E-state index < -0.39 is 0 Å². The molecule has 268 valence electrons. The van der Waals surface area contributed by atoms with Gasteiger partial charge in [-0.2, -0.15) is 0 Å². The van der Waals surface area contributed by atoms with Crippen molar-refractivity contribution in [3.05, 3.63) is 157 Å². The number of furan rings is 2. The molecule has 5 heteroatoms. The van der Waals surface area contributed by atoms with Crippen LogP contribution in [0.5, 0.6) is 0 Å². The highest BCUT2D eigenvalue weighted by atomic mass is 16.3. The van der Waals surface area contributed by atoms with E-state index in [1.54, 1.807) is 0 Å². The quantitative estimate of drug-likeness (QED) is 0.170. The summed E-state index contributed by atoms with van der Waals surface area (Å²) < 4.78 is 16.6. The summed E-state index contributed by atoms with van der Waals surface area (Å²) in [6.07, 6.45) is 4.94. The Morgan fingerprint density at radius 3 is 2.21 bits per heavy atom. The molecule has 2 unspecified atom stereocenters. The number of hydrogen-bond donors (Lipinski definition) is 0. The number of aromatic nitrogens is 1. The van der Waals surface area contributed by atoms with Crippen molar-refractivity contribution in [3.63, 3.8) is 0 Å². The Kier molecular flexibility index (Phi) is 5.88. The molecule has 14 rings (SSSR count). The first-order valence-electron chi connectivity index (χ1n) is 20.5. The first kappa shape index (κ1) is 30.5. The first-order chi connectivity index (χ1) is 28.3. The van der Waals surface area contributed by atoms with Gasteiger partial charge in [0.05, 0.1) is 27.9 Å². The molecule has 57 heavy (non-hydrogen) atoms. The van der Waals surface area contributed by atoms with Crippen molar-refractivity contribution in [2.24, 2.45) is 0 Å². The van der Waals surface area contributed by atoms with Crippen LogP contribution in [0.2, 0.25) is 0 Å². The van der Waals surface area contributed by atoms with Gasteiger partial charge in [-0.25, -0.2) is 0 Å². The predicted octanol–water partition coefficient (Wildman–Crippen LogP) is 11.6. The van der Waals surface area contributed by atoms with Gasteiger partial charge in [0.15, 0.2) is 0 Å². The van der Waals surface area contributed by atoms with Gasteiger partial charge in [-0.3, -0.25) is 0 Å². The van der Waals surface area contributed by atoms with Crippen molar-refractivity contribution >= 4 is 78.4 Å². The molecule has 0 bridgehead atoms. The molecule has 2 atom stereocenters. The lowest BCUT2D eigenvalue weighted by atomic mass is 9.35. The summed E-state index contributed by atoms with van der Waals surface area (Å²) in [7, 11) is 0. The van der Waals surface area contributed by atoms with Crippen LogP contribution < -0.4 is 21.5 Å². The number of anilines is 2. The Bertz CT molecular complexity index is 3340. The molecule has 3 aliphatic heterocycles. The lowest BCUT2D eigenvalue weighted by Gasteiger charge is -2.40. The zero-order valence-electron chi connectivity index (χ0n) is 31.2. The van der Waals surface area contributed by atoms with Gasteiger partial charge in [0, 0.05) is 50.4 Å². The maximum Gasteiger partial charge on any atom is 0.297 e. The molecule has 1 saturated carbocycles. The number of hydrogen-bond acceptors (Lipinski definition) is 3. The van der Waals surface area contributed by atoms with Gasteiger partial charge in [-0.15, -0.1) is 0 Å². The van der Waals surface area contributed by atoms with Crippen molar-refractivity contribution in [1.82, 2.24) is 4.57 Å². The molecule has 1 aliphatic carbocycles. The Morgan fingerprint density at radius 1 is 0.579 bits per heavy atom. The van der Waals surface area contributed by atoms with Gasteiger partial charge in [-0.1, -0.05) is 134 Å². The van der Waals surface area contributed by atoms with E-state index in [9.17, 15) is 0 Å². The topological polar surface area (TPSA) is 34.5 Å². The summed E-state index contributed by atoms with van der Waals surface area (Å²) >= 11 is 0. The average Bonchev–Trinajstić information content (AvgIpc) is 4.03. The summed E-state index contributed by atoms with van der Waals surface area (Å²) in [4.78, 5) is 2.78. The summed E-state index contributed by atoms with van der Waals surface area (Å²) in [5, 5.41) is 4.93. The molecule has 0 amide bonds. The van der Waals surface area contributed by atoms with Crippen molar-refractivity contribution < 1.29 is 8.83 Å². The van der Waals surface area contributed by atoms with E-state index in [4.69, 9.17) is 8.83 Å². The number of nitrogens with zero attached hydrogens (tertiary/aromatic N) is 2. The average molecular weight is 731 g/mol. The molecule has 4 aliphatic rings. The fourth-order valence-corrected chi connectivity index (χ4v) is 11.6. The number of fused-ring (bicyclic) bond motifs is 14. The fourth-order valence-electron chi connectivity index (χ4n) is 11.6. The molecule has 0 radical (unpaired) electrons. The summed E-state index contributed by atoms with van der Waals surface area (Å²) in [6.45, 7) is -0.0964. The number of benzene rings is 7. The molecular weight excluding hydrogens is 695 g/mol. The molecule has 0 saturated heterocycles. The van der Waals surface area contributed by atoms with Crippen molar-refractivity contribution in [1.29, 1.82) is 0 Å². The minimum absolute atomic E-state index is 0.0964.